The van der Waals surface area contributed by atoms with Crippen LogP contribution in [-0.2, 0) is 13.1 Å². The fourth-order valence-corrected chi connectivity index (χ4v) is 2.74. The summed E-state index contributed by atoms with van der Waals surface area (Å²) in [5, 5.41) is 6.73. The summed E-state index contributed by atoms with van der Waals surface area (Å²) in [5.41, 5.74) is 3.15. The van der Waals surface area contributed by atoms with Crippen molar-refractivity contribution >= 4 is 11.6 Å². The third-order valence-corrected chi connectivity index (χ3v) is 4.15. The number of nitrogens with zero attached hydrogens (tertiary/aromatic N) is 4. The van der Waals surface area contributed by atoms with Gasteiger partial charge in [0, 0.05) is 49.5 Å². The van der Waals surface area contributed by atoms with Crippen LogP contribution in [0, 0.1) is 0 Å². The number of rotatable bonds is 7. The Kier molecular flexibility index (Phi) is 5.49. The van der Waals surface area contributed by atoms with E-state index in [4.69, 9.17) is 0 Å². The second kappa shape index (κ2) is 8.73. The normalized spacial score (nSPS) is 10.4. The highest BCUT2D eigenvalue weighted by atomic mass is 15.1. The zero-order valence-electron chi connectivity index (χ0n) is 15.3. The monoisotopic (exact) mass is 368 g/mol. The minimum absolute atomic E-state index is 0.640. The summed E-state index contributed by atoms with van der Waals surface area (Å²) < 4.78 is 0. The third-order valence-electron chi connectivity index (χ3n) is 4.15. The van der Waals surface area contributed by atoms with Gasteiger partial charge in [0.15, 0.2) is 5.82 Å². The molecule has 0 spiro atoms. The van der Waals surface area contributed by atoms with Crippen LogP contribution in [0.15, 0.2) is 85.5 Å². The standard InChI is InChI=1S/C22H20N6/c1-2-8-19(9-3-1)22-27-20(25-15-17-6-4-10-23-13-17)12-21(28-22)26-16-18-7-5-11-24-14-18/h1-14H,15-16H2,(H2,25,26,27,28). The Balaban J connectivity index is 1.57. The Morgan fingerprint density at radius 3 is 1.71 bits per heavy atom. The summed E-state index contributed by atoms with van der Waals surface area (Å²) in [6, 6.07) is 19.8. The van der Waals surface area contributed by atoms with Crippen LogP contribution in [0.5, 0.6) is 0 Å². The first-order chi connectivity index (χ1) is 13.9. The van der Waals surface area contributed by atoms with Gasteiger partial charge in [-0.2, -0.15) is 0 Å². The van der Waals surface area contributed by atoms with Gasteiger partial charge < -0.3 is 10.6 Å². The number of pyridine rings is 2. The first kappa shape index (κ1) is 17.6. The topological polar surface area (TPSA) is 75.6 Å². The molecule has 4 rings (SSSR count). The molecule has 0 saturated carbocycles. The SMILES string of the molecule is c1ccc(-c2nc(NCc3cccnc3)cc(NCc3cccnc3)n2)cc1. The van der Waals surface area contributed by atoms with E-state index < -0.39 is 0 Å². The fraction of sp³-hybridized carbons (Fsp3) is 0.0909. The summed E-state index contributed by atoms with van der Waals surface area (Å²) in [6.07, 6.45) is 7.21. The Bertz CT molecular complexity index is 945. The van der Waals surface area contributed by atoms with E-state index in [1.54, 1.807) is 12.4 Å². The van der Waals surface area contributed by atoms with E-state index >= 15 is 0 Å². The van der Waals surface area contributed by atoms with Crippen LogP contribution in [0.4, 0.5) is 11.6 Å². The van der Waals surface area contributed by atoms with Crippen molar-refractivity contribution < 1.29 is 0 Å². The van der Waals surface area contributed by atoms with E-state index in [2.05, 4.69) is 30.6 Å². The first-order valence-electron chi connectivity index (χ1n) is 9.07. The van der Waals surface area contributed by atoms with E-state index in [1.165, 1.54) is 0 Å². The summed E-state index contributed by atoms with van der Waals surface area (Å²) in [6.45, 7) is 1.28. The molecule has 0 aliphatic rings. The predicted molar refractivity (Wildman–Crippen MR) is 111 cm³/mol. The van der Waals surface area contributed by atoms with Gasteiger partial charge in [0.25, 0.3) is 0 Å². The van der Waals surface area contributed by atoms with Gasteiger partial charge in [0.05, 0.1) is 0 Å². The number of anilines is 2. The molecule has 3 heterocycles. The second-order valence-electron chi connectivity index (χ2n) is 6.26. The number of benzene rings is 1. The molecule has 0 atom stereocenters. The maximum absolute atomic E-state index is 4.68. The van der Waals surface area contributed by atoms with Crippen molar-refractivity contribution in [2.75, 3.05) is 10.6 Å². The number of nitrogens with one attached hydrogen (secondary N) is 2. The molecule has 138 valence electrons. The van der Waals surface area contributed by atoms with Gasteiger partial charge in [-0.1, -0.05) is 42.5 Å². The van der Waals surface area contributed by atoms with Crippen molar-refractivity contribution in [1.82, 2.24) is 19.9 Å². The molecule has 4 aromatic rings. The molecule has 0 saturated heterocycles. The van der Waals surface area contributed by atoms with Crippen LogP contribution < -0.4 is 10.6 Å². The van der Waals surface area contributed by atoms with Crippen LogP contribution in [-0.4, -0.2) is 19.9 Å². The highest BCUT2D eigenvalue weighted by Crippen LogP contribution is 2.21. The van der Waals surface area contributed by atoms with E-state index in [1.807, 2.05) is 73.1 Å². The lowest BCUT2D eigenvalue weighted by molar-refractivity contribution is 1.05. The first-order valence-corrected chi connectivity index (χ1v) is 9.07. The number of aromatic nitrogens is 4. The van der Waals surface area contributed by atoms with Gasteiger partial charge in [-0.3, -0.25) is 9.97 Å². The summed E-state index contributed by atoms with van der Waals surface area (Å²) >= 11 is 0. The average Bonchev–Trinajstić information content (AvgIpc) is 2.78. The van der Waals surface area contributed by atoms with E-state index in [9.17, 15) is 0 Å². The molecule has 28 heavy (non-hydrogen) atoms. The average molecular weight is 368 g/mol. The van der Waals surface area contributed by atoms with Crippen LogP contribution in [0.1, 0.15) is 11.1 Å². The summed E-state index contributed by atoms with van der Waals surface area (Å²) in [5.74, 6) is 2.18. The second-order valence-corrected chi connectivity index (χ2v) is 6.26. The molecule has 0 unspecified atom stereocenters. The quantitative estimate of drug-likeness (QED) is 0.510. The van der Waals surface area contributed by atoms with Crippen LogP contribution in [0.2, 0.25) is 0 Å². The van der Waals surface area contributed by atoms with Gasteiger partial charge in [0.1, 0.15) is 11.6 Å². The molecule has 1 aromatic carbocycles. The minimum Gasteiger partial charge on any atom is -0.366 e. The lowest BCUT2D eigenvalue weighted by Gasteiger charge is -2.12. The minimum atomic E-state index is 0.640. The van der Waals surface area contributed by atoms with Crippen LogP contribution in [0.3, 0.4) is 0 Å². The van der Waals surface area contributed by atoms with E-state index in [0.717, 1.165) is 28.3 Å². The zero-order valence-corrected chi connectivity index (χ0v) is 15.3. The molecule has 2 N–H and O–H groups in total. The molecule has 0 bridgehead atoms. The molecule has 0 amide bonds. The Labute approximate surface area is 163 Å². The molecule has 0 aliphatic carbocycles. The molecule has 0 fully saturated rings. The highest BCUT2D eigenvalue weighted by Gasteiger charge is 2.07. The summed E-state index contributed by atoms with van der Waals surface area (Å²) in [4.78, 5) is 17.7. The van der Waals surface area contributed by atoms with Gasteiger partial charge in [0.2, 0.25) is 0 Å². The summed E-state index contributed by atoms with van der Waals surface area (Å²) in [7, 11) is 0. The van der Waals surface area contributed by atoms with Gasteiger partial charge in [-0.15, -0.1) is 0 Å². The number of hydrogen-bond acceptors (Lipinski definition) is 6. The third kappa shape index (κ3) is 4.67. The number of hydrogen-bond donors (Lipinski definition) is 2. The van der Waals surface area contributed by atoms with E-state index in [-0.39, 0.29) is 0 Å². The van der Waals surface area contributed by atoms with Crippen molar-refractivity contribution in [3.8, 4) is 11.4 Å². The molecule has 0 radical (unpaired) electrons. The van der Waals surface area contributed by atoms with Crippen LogP contribution >= 0.6 is 0 Å². The van der Waals surface area contributed by atoms with Gasteiger partial charge in [-0.05, 0) is 23.3 Å². The van der Waals surface area contributed by atoms with Crippen molar-refractivity contribution in [1.29, 1.82) is 0 Å². The maximum Gasteiger partial charge on any atom is 0.163 e. The fourth-order valence-electron chi connectivity index (χ4n) is 2.74. The predicted octanol–water partition coefficient (Wildman–Crippen LogP) is 4.16. The van der Waals surface area contributed by atoms with Crippen molar-refractivity contribution in [2.45, 2.75) is 13.1 Å². The molecular formula is C22H20N6. The van der Waals surface area contributed by atoms with Crippen molar-refractivity contribution in [3.05, 3.63) is 96.6 Å². The smallest absolute Gasteiger partial charge is 0.163 e. The van der Waals surface area contributed by atoms with Gasteiger partial charge in [-0.25, -0.2) is 9.97 Å². The van der Waals surface area contributed by atoms with Gasteiger partial charge >= 0.3 is 0 Å². The van der Waals surface area contributed by atoms with Crippen molar-refractivity contribution in [3.63, 3.8) is 0 Å². The lowest BCUT2D eigenvalue weighted by Crippen LogP contribution is -2.07. The molecule has 6 heteroatoms. The molecule has 6 nitrogen and oxygen atoms in total. The van der Waals surface area contributed by atoms with Crippen LogP contribution in [0.25, 0.3) is 11.4 Å². The van der Waals surface area contributed by atoms with E-state index in [0.29, 0.717) is 18.9 Å². The maximum atomic E-state index is 4.68. The Morgan fingerprint density at radius 2 is 1.21 bits per heavy atom. The Hall–Kier alpha value is -3.80. The zero-order chi connectivity index (χ0) is 19.0. The molecular weight excluding hydrogens is 348 g/mol. The highest BCUT2D eigenvalue weighted by molar-refractivity contribution is 5.61. The molecule has 3 aromatic heterocycles. The van der Waals surface area contributed by atoms with Crippen molar-refractivity contribution in [2.24, 2.45) is 0 Å². The largest absolute Gasteiger partial charge is 0.366 e. The lowest BCUT2D eigenvalue weighted by atomic mass is 10.2. The molecule has 0 aliphatic heterocycles. The Morgan fingerprint density at radius 1 is 0.643 bits per heavy atom.